The number of furan rings is 1. The Bertz CT molecular complexity index is 1650. The first-order chi connectivity index (χ1) is 19.9. The average molecular weight is 588 g/mol. The molecule has 1 aliphatic rings. The van der Waals surface area contributed by atoms with Gasteiger partial charge in [-0.1, -0.05) is 12.1 Å². The Morgan fingerprint density at radius 1 is 1.07 bits per heavy atom. The minimum Gasteiger partial charge on any atom is -0.459 e. The van der Waals surface area contributed by atoms with Crippen molar-refractivity contribution >= 4 is 28.9 Å². The number of nitrogens with one attached hydrogen (secondary N) is 1. The molecule has 1 aliphatic heterocycles. The first kappa shape index (κ1) is 28.9. The fourth-order valence-corrected chi connectivity index (χ4v) is 4.64. The molecular weight excluding hydrogens is 564 g/mol. The lowest BCUT2D eigenvalue weighted by Gasteiger charge is -2.31. The summed E-state index contributed by atoms with van der Waals surface area (Å²) in [6.45, 7) is -0.582. The highest BCUT2D eigenvalue weighted by Crippen LogP contribution is 2.40. The summed E-state index contributed by atoms with van der Waals surface area (Å²) >= 11 is 0. The number of hydrogen-bond donors (Lipinski definition) is 1. The fraction of sp³-hybridized carbons (Fsp3) is 0.233. The normalized spacial score (nSPS) is 15.3. The molecule has 3 heterocycles. The Balaban J connectivity index is 1.38. The Kier molecular flexibility index (Phi) is 7.81. The maximum atomic E-state index is 15.2. The number of hydrogen-bond acceptors (Lipinski definition) is 4. The van der Waals surface area contributed by atoms with Gasteiger partial charge in [-0.3, -0.25) is 14.6 Å². The van der Waals surface area contributed by atoms with E-state index in [4.69, 9.17) is 4.42 Å². The maximum Gasteiger partial charge on any atom is 0.420 e. The van der Waals surface area contributed by atoms with E-state index in [1.54, 1.807) is 24.5 Å². The van der Waals surface area contributed by atoms with E-state index in [1.807, 2.05) is 0 Å². The number of nitrogens with zero attached hydrogens (tertiary/aromatic N) is 2. The third-order valence-electron chi connectivity index (χ3n) is 6.83. The Labute approximate surface area is 235 Å². The number of rotatable bonds is 6. The van der Waals surface area contributed by atoms with Crippen LogP contribution in [-0.2, 0) is 17.5 Å². The van der Waals surface area contributed by atoms with Gasteiger partial charge in [0.2, 0.25) is 5.91 Å². The first-order valence-electron chi connectivity index (χ1n) is 12.9. The van der Waals surface area contributed by atoms with E-state index in [0.29, 0.717) is 5.56 Å². The van der Waals surface area contributed by atoms with Crippen LogP contribution in [0.3, 0.4) is 0 Å². The second-order valence-electron chi connectivity index (χ2n) is 9.83. The second kappa shape index (κ2) is 11.3. The van der Waals surface area contributed by atoms with Gasteiger partial charge < -0.3 is 14.6 Å². The number of pyridine rings is 1. The summed E-state index contributed by atoms with van der Waals surface area (Å²) in [5, 5.41) is 2.56. The van der Waals surface area contributed by atoms with Crippen molar-refractivity contribution in [3.8, 4) is 11.1 Å². The smallest absolute Gasteiger partial charge is 0.420 e. The average Bonchev–Trinajstić information content (AvgIpc) is 3.37. The molecule has 1 saturated heterocycles. The third-order valence-corrected chi connectivity index (χ3v) is 6.83. The van der Waals surface area contributed by atoms with Gasteiger partial charge in [0.05, 0.1) is 12.1 Å². The molecule has 2 amide bonds. The molecule has 5 rings (SSSR count). The van der Waals surface area contributed by atoms with Crippen molar-refractivity contribution in [2.75, 3.05) is 13.1 Å². The molecule has 0 unspecified atom stereocenters. The number of carbonyl (C=O) groups excluding carboxylic acids is 2. The van der Waals surface area contributed by atoms with Crippen LogP contribution in [0.2, 0.25) is 0 Å². The first-order valence-corrected chi connectivity index (χ1v) is 12.9. The zero-order valence-corrected chi connectivity index (χ0v) is 21.9. The molecule has 2 aromatic carbocycles. The zero-order chi connectivity index (χ0) is 30.1. The molecule has 12 heteroatoms. The van der Waals surface area contributed by atoms with Crippen LogP contribution < -0.4 is 5.32 Å². The molecule has 0 bridgehead atoms. The molecule has 0 atom stereocenters. The van der Waals surface area contributed by atoms with E-state index < -0.39 is 53.7 Å². The number of halogens is 6. The van der Waals surface area contributed by atoms with Crippen molar-refractivity contribution in [1.29, 1.82) is 0 Å². The quantitative estimate of drug-likeness (QED) is 0.198. The van der Waals surface area contributed by atoms with E-state index in [-0.39, 0.29) is 47.5 Å². The number of aromatic nitrogens is 1. The number of likely N-dealkylation sites (tertiary alicyclic amines) is 1. The Morgan fingerprint density at radius 3 is 2.50 bits per heavy atom. The molecule has 0 radical (unpaired) electrons. The van der Waals surface area contributed by atoms with Crippen molar-refractivity contribution in [3.63, 3.8) is 0 Å². The van der Waals surface area contributed by atoms with Gasteiger partial charge in [0.1, 0.15) is 17.2 Å². The van der Waals surface area contributed by atoms with Gasteiger partial charge in [0.25, 0.3) is 11.8 Å². The highest BCUT2D eigenvalue weighted by molar-refractivity contribution is 5.95. The molecule has 2 aromatic heterocycles. The minimum atomic E-state index is -4.85. The molecule has 6 nitrogen and oxygen atoms in total. The lowest BCUT2D eigenvalue weighted by Crippen LogP contribution is -2.42. The molecule has 4 aromatic rings. The summed E-state index contributed by atoms with van der Waals surface area (Å²) in [7, 11) is 0. The summed E-state index contributed by atoms with van der Waals surface area (Å²) in [5.74, 6) is -4.92. The van der Waals surface area contributed by atoms with Crippen molar-refractivity contribution in [3.05, 3.63) is 95.3 Å². The number of carbonyl (C=O) groups is 2. The van der Waals surface area contributed by atoms with Crippen LogP contribution >= 0.6 is 0 Å². The molecule has 1 N–H and O–H groups in total. The zero-order valence-electron chi connectivity index (χ0n) is 21.9. The van der Waals surface area contributed by atoms with Crippen molar-refractivity contribution in [1.82, 2.24) is 15.2 Å². The molecule has 42 heavy (non-hydrogen) atoms. The predicted octanol–water partition coefficient (Wildman–Crippen LogP) is 6.85. The predicted molar refractivity (Wildman–Crippen MR) is 142 cm³/mol. The topological polar surface area (TPSA) is 75.4 Å². The number of amides is 2. The van der Waals surface area contributed by atoms with Crippen molar-refractivity contribution in [2.45, 2.75) is 31.5 Å². The Hall–Kier alpha value is -4.61. The highest BCUT2D eigenvalue weighted by Gasteiger charge is 2.37. The van der Waals surface area contributed by atoms with Gasteiger partial charge in [0.15, 0.2) is 0 Å². The van der Waals surface area contributed by atoms with Crippen LogP contribution in [0.15, 0.2) is 71.4 Å². The molecule has 0 aliphatic carbocycles. The number of benzene rings is 2. The summed E-state index contributed by atoms with van der Waals surface area (Å²) in [4.78, 5) is 30.0. The van der Waals surface area contributed by atoms with Crippen LogP contribution in [-0.4, -0.2) is 40.7 Å². The lowest BCUT2D eigenvalue weighted by molar-refractivity contribution is -0.136. The monoisotopic (exact) mass is 587 g/mol. The summed E-state index contributed by atoms with van der Waals surface area (Å²) in [6, 6.07) is 10.1. The van der Waals surface area contributed by atoms with Gasteiger partial charge in [-0.15, -0.1) is 0 Å². The van der Waals surface area contributed by atoms with Gasteiger partial charge >= 0.3 is 6.18 Å². The third kappa shape index (κ3) is 6.48. The molecular formula is C30H23F6N3O3. The Morgan fingerprint density at radius 2 is 1.83 bits per heavy atom. The number of piperidine rings is 1. The van der Waals surface area contributed by atoms with Crippen LogP contribution in [0.1, 0.15) is 40.1 Å². The number of fused-ring (bicyclic) bond motifs is 1. The standard InChI is InChI=1S/C30H23F6N3O3/c31-25-15-19(28(41)39-10-7-29(32,33)8-11-39)4-5-23(25)20-12-21-13-22(42-27(21)24(14-20)30(34,35)36)17-38-26(40)6-3-18-2-1-9-37-16-18/h1-6,9,12-16H,7-8,10-11,17H2,(H,38,40)/b6-3+. The van der Waals surface area contributed by atoms with Gasteiger partial charge in [-0.2, -0.15) is 13.2 Å². The SMILES string of the molecule is O=C(/C=C/c1cccnc1)NCc1cc2cc(-c3ccc(C(=O)N4CCC(F)(F)CC4)cc3F)cc(C(F)(F)F)c2o1. The second-order valence-corrected chi connectivity index (χ2v) is 9.83. The highest BCUT2D eigenvalue weighted by atomic mass is 19.4. The van der Waals surface area contributed by atoms with Crippen molar-refractivity contribution in [2.24, 2.45) is 0 Å². The maximum absolute atomic E-state index is 15.2. The largest absolute Gasteiger partial charge is 0.459 e. The fourth-order valence-electron chi connectivity index (χ4n) is 4.64. The number of alkyl halides is 5. The van der Waals surface area contributed by atoms with Crippen molar-refractivity contribution < 1.29 is 40.3 Å². The van der Waals surface area contributed by atoms with Crippen LogP contribution in [0.5, 0.6) is 0 Å². The molecule has 0 saturated carbocycles. The van der Waals surface area contributed by atoms with Gasteiger partial charge in [-0.05, 0) is 53.6 Å². The molecule has 218 valence electrons. The summed E-state index contributed by atoms with van der Waals surface area (Å²) in [6.07, 6.45) is 0.0433. The molecule has 0 spiro atoms. The van der Waals surface area contributed by atoms with E-state index in [9.17, 15) is 31.5 Å². The summed E-state index contributed by atoms with van der Waals surface area (Å²) < 4.78 is 89.4. The van der Waals surface area contributed by atoms with E-state index >= 15 is 4.39 Å². The van der Waals surface area contributed by atoms with E-state index in [2.05, 4.69) is 10.3 Å². The van der Waals surface area contributed by atoms with Crippen LogP contribution in [0.25, 0.3) is 28.2 Å². The van der Waals surface area contributed by atoms with E-state index in [1.165, 1.54) is 41.3 Å². The molecule has 1 fully saturated rings. The van der Waals surface area contributed by atoms with Gasteiger partial charge in [0, 0.05) is 60.9 Å². The summed E-state index contributed by atoms with van der Waals surface area (Å²) in [5.41, 5.74) is -1.34. The lowest BCUT2D eigenvalue weighted by atomic mass is 9.98. The van der Waals surface area contributed by atoms with E-state index in [0.717, 1.165) is 12.1 Å². The van der Waals surface area contributed by atoms with Crippen LogP contribution in [0, 0.1) is 5.82 Å². The van der Waals surface area contributed by atoms with Crippen LogP contribution in [0.4, 0.5) is 26.3 Å². The minimum absolute atomic E-state index is 0.0313. The van der Waals surface area contributed by atoms with Gasteiger partial charge in [-0.25, -0.2) is 13.2 Å².